The number of allylic oxidation sites excluding steroid dienone is 1. The molecule has 7 heteroatoms. The molecule has 0 aromatic carbocycles. The van der Waals surface area contributed by atoms with Crippen LogP contribution in [0.4, 0.5) is 0 Å². The van der Waals surface area contributed by atoms with Crippen LogP contribution in [-0.4, -0.2) is 54.9 Å². The van der Waals surface area contributed by atoms with Gasteiger partial charge in [0.05, 0.1) is 24.2 Å². The second kappa shape index (κ2) is 7.86. The molecule has 2 heterocycles. The van der Waals surface area contributed by atoms with E-state index in [2.05, 4.69) is 26.8 Å². The number of carboxylic acids is 1. The van der Waals surface area contributed by atoms with Crippen LogP contribution in [0.15, 0.2) is 11.6 Å². The zero-order valence-corrected chi connectivity index (χ0v) is 21.6. The monoisotopic (exact) mass is 488 g/mol. The number of rotatable bonds is 6. The van der Waals surface area contributed by atoms with E-state index in [1.54, 1.807) is 0 Å². The van der Waals surface area contributed by atoms with Crippen molar-refractivity contribution in [1.29, 1.82) is 0 Å². The van der Waals surface area contributed by atoms with Crippen LogP contribution in [0, 0.1) is 45.8 Å². The largest absolute Gasteiger partial charge is 0.481 e. The first kappa shape index (κ1) is 24.1. The molecule has 0 spiro atoms. The zero-order valence-electron chi connectivity index (χ0n) is 21.6. The average molecular weight is 489 g/mol. The van der Waals surface area contributed by atoms with Crippen LogP contribution in [0.25, 0.3) is 0 Å². The number of carbonyl (C=O) groups is 2. The summed E-state index contributed by atoms with van der Waals surface area (Å²) in [6.07, 6.45) is 6.15. The highest BCUT2D eigenvalue weighted by Crippen LogP contribution is 2.82. The Labute approximate surface area is 207 Å². The number of hydrogen-bond acceptors (Lipinski definition) is 6. The Morgan fingerprint density at radius 3 is 2.66 bits per heavy atom. The lowest BCUT2D eigenvalue weighted by Crippen LogP contribution is -2.63. The van der Waals surface area contributed by atoms with E-state index in [0.29, 0.717) is 24.7 Å². The van der Waals surface area contributed by atoms with Crippen LogP contribution in [0.5, 0.6) is 0 Å². The predicted octanol–water partition coefficient (Wildman–Crippen LogP) is 4.19. The molecule has 4 aliphatic carbocycles. The molecule has 7 nitrogen and oxygen atoms in total. The van der Waals surface area contributed by atoms with Gasteiger partial charge < -0.3 is 28.8 Å². The summed E-state index contributed by atoms with van der Waals surface area (Å²) >= 11 is 0. The van der Waals surface area contributed by atoms with Crippen LogP contribution >= 0.6 is 0 Å². The fourth-order valence-corrected chi connectivity index (χ4v) is 9.81. The summed E-state index contributed by atoms with van der Waals surface area (Å²) in [5.41, 5.74) is -1.77. The highest BCUT2D eigenvalue weighted by atomic mass is 16.8. The molecule has 12 atom stereocenters. The van der Waals surface area contributed by atoms with Crippen molar-refractivity contribution < 1.29 is 33.6 Å². The van der Waals surface area contributed by atoms with Gasteiger partial charge in [-0.1, -0.05) is 38.8 Å². The molecule has 2 aliphatic heterocycles. The summed E-state index contributed by atoms with van der Waals surface area (Å²) < 4.78 is 24.6. The normalized spacial score (nSPS) is 54.0. The van der Waals surface area contributed by atoms with Crippen LogP contribution in [0.1, 0.15) is 66.7 Å². The van der Waals surface area contributed by atoms with Crippen molar-refractivity contribution in [2.24, 2.45) is 45.8 Å². The molecule has 6 aliphatic rings. The minimum atomic E-state index is -1.21. The van der Waals surface area contributed by atoms with E-state index in [-0.39, 0.29) is 49.0 Å². The lowest BCUT2D eigenvalue weighted by Gasteiger charge is -2.58. The van der Waals surface area contributed by atoms with Crippen molar-refractivity contribution in [3.63, 3.8) is 0 Å². The van der Waals surface area contributed by atoms with Crippen LogP contribution in [0.3, 0.4) is 0 Å². The maximum absolute atomic E-state index is 13.5. The SMILES string of the molecule is CC1O[C@H]2[C@H](C[C@H](OCC34C[C@@H]5[C@H](C)CC[C@H]5[C@@]5(C=O)CC3C=C(C(C)C)[C@@]45C(=O)O)O[C@@H]2C)O1. The Kier molecular flexibility index (Phi) is 5.41. The second-order valence-corrected chi connectivity index (χ2v) is 12.6. The Hall–Kier alpha value is -1.28. The maximum Gasteiger partial charge on any atom is 0.315 e. The molecular formula is C28H40O7. The standard InChI is InChI=1S/C28H40O7/c1-14(2)21-8-18-10-26(12-29)20-7-6-15(3)19(20)11-27(18,28(21,26)25(30)31)13-32-23-9-22-24(16(4)33-23)35-17(5)34-22/h8,12,14-20,22-24H,6-7,9-11,13H2,1-5H3,(H,30,31)/t15-,16-,17?,18?,19-,20-,22+,23-,24-,26+,27?,28+/m1/s1. The summed E-state index contributed by atoms with van der Waals surface area (Å²) in [6.45, 7) is 10.6. The molecule has 194 valence electrons. The van der Waals surface area contributed by atoms with Crippen molar-refractivity contribution in [2.45, 2.75) is 97.6 Å². The van der Waals surface area contributed by atoms with Crippen molar-refractivity contribution >= 4 is 12.3 Å². The topological polar surface area (TPSA) is 91.3 Å². The first-order valence-electron chi connectivity index (χ1n) is 13.6. The molecule has 35 heavy (non-hydrogen) atoms. The molecule has 0 aromatic rings. The van der Waals surface area contributed by atoms with Gasteiger partial charge in [0.25, 0.3) is 0 Å². The van der Waals surface area contributed by atoms with E-state index in [1.165, 1.54) is 0 Å². The van der Waals surface area contributed by atoms with E-state index in [0.717, 1.165) is 31.1 Å². The quantitative estimate of drug-likeness (QED) is 0.443. The molecule has 0 radical (unpaired) electrons. The molecule has 0 aromatic heterocycles. The van der Waals surface area contributed by atoms with E-state index >= 15 is 0 Å². The number of fused-ring (bicyclic) bond motifs is 3. The van der Waals surface area contributed by atoms with Gasteiger partial charge in [-0.3, -0.25) is 4.79 Å². The summed E-state index contributed by atoms with van der Waals surface area (Å²) in [7, 11) is 0. The van der Waals surface area contributed by atoms with Gasteiger partial charge in [-0.2, -0.15) is 0 Å². The molecule has 5 fully saturated rings. The highest BCUT2D eigenvalue weighted by molar-refractivity contribution is 5.90. The molecule has 2 saturated heterocycles. The maximum atomic E-state index is 13.5. The summed E-state index contributed by atoms with van der Waals surface area (Å²) in [6, 6.07) is 0. The third kappa shape index (κ3) is 2.82. The summed E-state index contributed by atoms with van der Waals surface area (Å²) in [4.78, 5) is 26.6. The molecule has 0 amide bonds. The van der Waals surface area contributed by atoms with Gasteiger partial charge in [0.1, 0.15) is 17.8 Å². The molecule has 6 rings (SSSR count). The van der Waals surface area contributed by atoms with Gasteiger partial charge in [0.15, 0.2) is 12.6 Å². The van der Waals surface area contributed by atoms with Crippen LogP contribution < -0.4 is 0 Å². The predicted molar refractivity (Wildman–Crippen MR) is 126 cm³/mol. The number of aldehydes is 1. The lowest BCUT2D eigenvalue weighted by molar-refractivity contribution is -0.248. The van der Waals surface area contributed by atoms with Crippen molar-refractivity contribution in [3.8, 4) is 0 Å². The number of ether oxygens (including phenoxy) is 4. The van der Waals surface area contributed by atoms with Crippen molar-refractivity contribution in [1.82, 2.24) is 0 Å². The Morgan fingerprint density at radius 1 is 1.20 bits per heavy atom. The minimum Gasteiger partial charge on any atom is -0.481 e. The molecule has 1 N–H and O–H groups in total. The molecular weight excluding hydrogens is 448 g/mol. The van der Waals surface area contributed by atoms with Gasteiger partial charge in [0.2, 0.25) is 0 Å². The van der Waals surface area contributed by atoms with Gasteiger partial charge in [-0.25, -0.2) is 0 Å². The number of hydrogen-bond donors (Lipinski definition) is 1. The fraction of sp³-hybridized carbons (Fsp3) is 0.857. The van der Waals surface area contributed by atoms with Gasteiger partial charge in [-0.05, 0) is 62.7 Å². The Morgan fingerprint density at radius 2 is 1.97 bits per heavy atom. The summed E-state index contributed by atoms with van der Waals surface area (Å²) in [5.74, 6) is 0.210. The first-order chi connectivity index (χ1) is 16.6. The third-order valence-corrected chi connectivity index (χ3v) is 11.0. The fourth-order valence-electron chi connectivity index (χ4n) is 9.81. The second-order valence-electron chi connectivity index (χ2n) is 12.6. The zero-order chi connectivity index (χ0) is 24.9. The van der Waals surface area contributed by atoms with Crippen LogP contribution in [0.2, 0.25) is 0 Å². The Bertz CT molecular complexity index is 946. The van der Waals surface area contributed by atoms with E-state index in [9.17, 15) is 14.7 Å². The average Bonchev–Trinajstić information content (AvgIpc) is 3.49. The molecule has 3 saturated carbocycles. The lowest BCUT2D eigenvalue weighted by atomic mass is 9.43. The Balaban J connectivity index is 1.38. The molecule has 3 unspecified atom stereocenters. The van der Waals surface area contributed by atoms with Gasteiger partial charge >= 0.3 is 5.97 Å². The van der Waals surface area contributed by atoms with E-state index in [4.69, 9.17) is 18.9 Å². The van der Waals surface area contributed by atoms with E-state index < -0.39 is 28.5 Å². The van der Waals surface area contributed by atoms with Gasteiger partial charge in [0, 0.05) is 11.8 Å². The number of aliphatic carboxylic acids is 1. The van der Waals surface area contributed by atoms with Gasteiger partial charge in [-0.15, -0.1) is 0 Å². The summed E-state index contributed by atoms with van der Waals surface area (Å²) in [5, 5.41) is 11.1. The smallest absolute Gasteiger partial charge is 0.315 e. The van der Waals surface area contributed by atoms with E-state index in [1.807, 2.05) is 13.8 Å². The minimum absolute atomic E-state index is 0.0267. The number of carbonyl (C=O) groups excluding carboxylic acids is 1. The highest BCUT2D eigenvalue weighted by Gasteiger charge is 2.84. The first-order valence-corrected chi connectivity index (χ1v) is 13.6. The number of carboxylic acid groups (broad SMARTS) is 1. The molecule has 4 bridgehead atoms. The van der Waals surface area contributed by atoms with Crippen molar-refractivity contribution in [2.75, 3.05) is 6.61 Å². The third-order valence-electron chi connectivity index (χ3n) is 11.0. The van der Waals surface area contributed by atoms with Crippen LogP contribution in [-0.2, 0) is 28.5 Å². The van der Waals surface area contributed by atoms with Crippen molar-refractivity contribution in [3.05, 3.63) is 11.6 Å².